The average Bonchev–Trinajstić information content (AvgIpc) is 2.69. The fourth-order valence-electron chi connectivity index (χ4n) is 1.67. The Hall–Kier alpha value is -1.75. The molecule has 0 aliphatic rings. The third-order valence-electron chi connectivity index (χ3n) is 2.82. The highest BCUT2D eigenvalue weighted by atomic mass is 32.1. The molecule has 1 N–H and O–H groups in total. The summed E-state index contributed by atoms with van der Waals surface area (Å²) < 4.78 is 13.4. The number of nitrogens with one attached hydrogen (secondary N) is 1. The zero-order valence-corrected chi connectivity index (χ0v) is 11.7. The normalized spacial score (nSPS) is 10.5. The van der Waals surface area contributed by atoms with Gasteiger partial charge < -0.3 is 5.32 Å². The second kappa shape index (κ2) is 5.93. The van der Waals surface area contributed by atoms with Crippen molar-refractivity contribution in [2.45, 2.75) is 20.3 Å². The summed E-state index contributed by atoms with van der Waals surface area (Å²) in [5, 5.41) is 3.69. The molecule has 0 saturated heterocycles. The van der Waals surface area contributed by atoms with Gasteiger partial charge >= 0.3 is 0 Å². The molecule has 0 saturated carbocycles. The van der Waals surface area contributed by atoms with Gasteiger partial charge in [0.25, 0.3) is 5.91 Å². The SMILES string of the molecule is Cc1nc(CCNC(=O)c2ccccc2F)sc1C. The first-order chi connectivity index (χ1) is 9.08. The fraction of sp³-hybridized carbons (Fsp3) is 0.286. The number of amides is 1. The number of thiazole rings is 1. The van der Waals surface area contributed by atoms with Gasteiger partial charge in [0.05, 0.1) is 16.3 Å². The van der Waals surface area contributed by atoms with Crippen molar-refractivity contribution in [1.82, 2.24) is 10.3 Å². The molecule has 0 fully saturated rings. The van der Waals surface area contributed by atoms with Gasteiger partial charge in [-0.3, -0.25) is 4.79 Å². The first-order valence-electron chi connectivity index (χ1n) is 6.03. The quantitative estimate of drug-likeness (QED) is 0.934. The number of aryl methyl sites for hydroxylation is 2. The van der Waals surface area contributed by atoms with Gasteiger partial charge in [-0.2, -0.15) is 0 Å². The summed E-state index contributed by atoms with van der Waals surface area (Å²) in [5.74, 6) is -0.885. The van der Waals surface area contributed by atoms with Crippen LogP contribution >= 0.6 is 11.3 Å². The van der Waals surface area contributed by atoms with E-state index < -0.39 is 5.82 Å². The lowest BCUT2D eigenvalue weighted by molar-refractivity contribution is 0.0950. The van der Waals surface area contributed by atoms with Crippen molar-refractivity contribution < 1.29 is 9.18 Å². The molecule has 1 heterocycles. The molecule has 1 aromatic carbocycles. The van der Waals surface area contributed by atoms with E-state index in [0.717, 1.165) is 10.7 Å². The number of carbonyl (C=O) groups is 1. The molecule has 0 aliphatic heterocycles. The Morgan fingerprint density at radius 3 is 2.74 bits per heavy atom. The van der Waals surface area contributed by atoms with Crippen molar-refractivity contribution in [3.63, 3.8) is 0 Å². The van der Waals surface area contributed by atoms with Gasteiger partial charge in [0, 0.05) is 17.8 Å². The van der Waals surface area contributed by atoms with Crippen molar-refractivity contribution in [3.05, 3.63) is 51.2 Å². The molecule has 19 heavy (non-hydrogen) atoms. The molecule has 2 rings (SSSR count). The number of hydrogen-bond donors (Lipinski definition) is 1. The highest BCUT2D eigenvalue weighted by molar-refractivity contribution is 7.11. The zero-order chi connectivity index (χ0) is 13.8. The van der Waals surface area contributed by atoms with Crippen LogP contribution in [0.2, 0.25) is 0 Å². The number of hydrogen-bond acceptors (Lipinski definition) is 3. The highest BCUT2D eigenvalue weighted by Crippen LogP contribution is 2.16. The van der Waals surface area contributed by atoms with Crippen molar-refractivity contribution in [1.29, 1.82) is 0 Å². The van der Waals surface area contributed by atoms with E-state index in [0.29, 0.717) is 13.0 Å². The Morgan fingerprint density at radius 2 is 2.11 bits per heavy atom. The van der Waals surface area contributed by atoms with Gasteiger partial charge in [-0.25, -0.2) is 9.37 Å². The number of carbonyl (C=O) groups excluding carboxylic acids is 1. The van der Waals surface area contributed by atoms with E-state index in [1.165, 1.54) is 17.0 Å². The van der Waals surface area contributed by atoms with E-state index in [2.05, 4.69) is 10.3 Å². The number of benzene rings is 1. The monoisotopic (exact) mass is 278 g/mol. The lowest BCUT2D eigenvalue weighted by Gasteiger charge is -2.04. The summed E-state index contributed by atoms with van der Waals surface area (Å²) in [4.78, 5) is 17.3. The van der Waals surface area contributed by atoms with Crippen molar-refractivity contribution in [3.8, 4) is 0 Å². The topological polar surface area (TPSA) is 42.0 Å². The number of rotatable bonds is 4. The van der Waals surface area contributed by atoms with Crippen LogP contribution in [0.25, 0.3) is 0 Å². The summed E-state index contributed by atoms with van der Waals surface area (Å²) in [6, 6.07) is 5.96. The minimum atomic E-state index is -0.499. The van der Waals surface area contributed by atoms with Crippen molar-refractivity contribution in [2.24, 2.45) is 0 Å². The number of nitrogens with zero attached hydrogens (tertiary/aromatic N) is 1. The van der Waals surface area contributed by atoms with Gasteiger partial charge in [-0.05, 0) is 26.0 Å². The fourth-order valence-corrected chi connectivity index (χ4v) is 2.60. The Bertz CT molecular complexity index is 575. The minimum absolute atomic E-state index is 0.0778. The summed E-state index contributed by atoms with van der Waals surface area (Å²) in [7, 11) is 0. The number of halogens is 1. The first kappa shape index (κ1) is 13.7. The predicted octanol–water partition coefficient (Wildman–Crippen LogP) is 2.87. The third kappa shape index (κ3) is 3.38. The Morgan fingerprint density at radius 1 is 1.37 bits per heavy atom. The minimum Gasteiger partial charge on any atom is -0.352 e. The van der Waals surface area contributed by atoms with Gasteiger partial charge in [0.15, 0.2) is 0 Å². The Balaban J connectivity index is 1.89. The second-order valence-corrected chi connectivity index (χ2v) is 5.52. The van der Waals surface area contributed by atoms with Crippen LogP contribution in [0.15, 0.2) is 24.3 Å². The van der Waals surface area contributed by atoms with Gasteiger partial charge in [0.2, 0.25) is 0 Å². The molecule has 0 spiro atoms. The maximum atomic E-state index is 13.4. The van der Waals surface area contributed by atoms with Crippen molar-refractivity contribution in [2.75, 3.05) is 6.54 Å². The molecule has 0 bridgehead atoms. The van der Waals surface area contributed by atoms with Crippen LogP contribution in [0.5, 0.6) is 0 Å². The Labute approximate surface area is 115 Å². The molecular formula is C14H15FN2OS. The molecule has 5 heteroatoms. The second-order valence-electron chi connectivity index (χ2n) is 4.23. The van der Waals surface area contributed by atoms with Crippen LogP contribution in [0, 0.1) is 19.7 Å². The summed E-state index contributed by atoms with van der Waals surface area (Å²) in [6.45, 7) is 4.45. The molecule has 1 aromatic heterocycles. The van der Waals surface area contributed by atoms with E-state index in [9.17, 15) is 9.18 Å². The van der Waals surface area contributed by atoms with Crippen LogP contribution in [0.1, 0.15) is 25.9 Å². The largest absolute Gasteiger partial charge is 0.352 e. The van der Waals surface area contributed by atoms with E-state index in [1.807, 2.05) is 13.8 Å². The molecule has 100 valence electrons. The molecule has 0 aliphatic carbocycles. The van der Waals surface area contributed by atoms with Crippen LogP contribution in [-0.4, -0.2) is 17.4 Å². The lowest BCUT2D eigenvalue weighted by atomic mass is 10.2. The van der Waals surface area contributed by atoms with Gasteiger partial charge in [-0.1, -0.05) is 12.1 Å². The molecule has 0 atom stereocenters. The highest BCUT2D eigenvalue weighted by Gasteiger charge is 2.10. The van der Waals surface area contributed by atoms with Crippen molar-refractivity contribution >= 4 is 17.2 Å². The predicted molar refractivity (Wildman–Crippen MR) is 74.0 cm³/mol. The number of aromatic nitrogens is 1. The first-order valence-corrected chi connectivity index (χ1v) is 6.85. The van der Waals surface area contributed by atoms with E-state index in [-0.39, 0.29) is 11.5 Å². The molecular weight excluding hydrogens is 263 g/mol. The van der Waals surface area contributed by atoms with Crippen LogP contribution in [-0.2, 0) is 6.42 Å². The van der Waals surface area contributed by atoms with Gasteiger partial charge in [0.1, 0.15) is 5.82 Å². The van der Waals surface area contributed by atoms with E-state index >= 15 is 0 Å². The standard InChI is InChI=1S/C14H15FN2OS/c1-9-10(2)19-13(17-9)7-8-16-14(18)11-5-3-4-6-12(11)15/h3-6H,7-8H2,1-2H3,(H,16,18). The summed E-state index contributed by atoms with van der Waals surface area (Å²) >= 11 is 1.63. The molecule has 3 nitrogen and oxygen atoms in total. The maximum absolute atomic E-state index is 13.4. The lowest BCUT2D eigenvalue weighted by Crippen LogP contribution is -2.26. The van der Waals surface area contributed by atoms with Gasteiger partial charge in [-0.15, -0.1) is 11.3 Å². The smallest absolute Gasteiger partial charge is 0.254 e. The van der Waals surface area contributed by atoms with Crippen LogP contribution in [0.4, 0.5) is 4.39 Å². The Kier molecular flexibility index (Phi) is 4.27. The maximum Gasteiger partial charge on any atom is 0.254 e. The summed E-state index contributed by atoms with van der Waals surface area (Å²) in [5.41, 5.74) is 1.11. The average molecular weight is 278 g/mol. The molecule has 2 aromatic rings. The third-order valence-corrected chi connectivity index (χ3v) is 3.95. The molecule has 1 amide bonds. The van der Waals surface area contributed by atoms with E-state index in [4.69, 9.17) is 0 Å². The zero-order valence-electron chi connectivity index (χ0n) is 10.9. The summed E-state index contributed by atoms with van der Waals surface area (Å²) in [6.07, 6.45) is 0.666. The van der Waals surface area contributed by atoms with E-state index in [1.54, 1.807) is 23.5 Å². The van der Waals surface area contributed by atoms with Crippen LogP contribution < -0.4 is 5.32 Å². The molecule has 0 radical (unpaired) electrons. The molecule has 0 unspecified atom stereocenters. The van der Waals surface area contributed by atoms with Crippen LogP contribution in [0.3, 0.4) is 0 Å².